The fraction of sp³-hybridized carbons (Fsp3) is 0.792. The summed E-state index contributed by atoms with van der Waals surface area (Å²) in [4.78, 5) is 37.9. The maximum Gasteiger partial charge on any atom is 0.351 e. The molecule has 1 aliphatic rings. The van der Waals surface area contributed by atoms with E-state index in [1.54, 1.807) is 0 Å². The molecule has 0 aromatic heterocycles. The van der Waals surface area contributed by atoms with Crippen LogP contribution < -0.4 is 0 Å². The van der Waals surface area contributed by atoms with Crippen molar-refractivity contribution >= 4 is 17.9 Å². The van der Waals surface area contributed by atoms with Gasteiger partial charge in [0, 0.05) is 6.08 Å². The van der Waals surface area contributed by atoms with Crippen LogP contribution >= 0.6 is 0 Å². The van der Waals surface area contributed by atoms with Crippen LogP contribution in [0.5, 0.6) is 0 Å². The second-order valence-electron chi connectivity index (χ2n) is 8.09. The van der Waals surface area contributed by atoms with Gasteiger partial charge in [0.05, 0.1) is 13.2 Å². The predicted octanol–water partition coefficient (Wildman–Crippen LogP) is 5.28. The van der Waals surface area contributed by atoms with Crippen molar-refractivity contribution in [1.82, 2.24) is 0 Å². The van der Waals surface area contributed by atoms with Crippen molar-refractivity contribution in [2.24, 2.45) is 5.92 Å². The minimum Gasteiger partial charge on any atom is -0.465 e. The lowest BCUT2D eigenvalue weighted by molar-refractivity contribution is -0.198. The molecule has 2 atom stereocenters. The van der Waals surface area contributed by atoms with Crippen molar-refractivity contribution in [1.29, 1.82) is 0 Å². The Balaban J connectivity index is 2.79. The van der Waals surface area contributed by atoms with Gasteiger partial charge in [-0.25, -0.2) is 9.59 Å². The van der Waals surface area contributed by atoms with E-state index in [0.29, 0.717) is 19.4 Å². The molecule has 1 fully saturated rings. The molecule has 1 saturated carbocycles. The van der Waals surface area contributed by atoms with Crippen molar-refractivity contribution in [2.45, 2.75) is 103 Å². The second-order valence-corrected chi connectivity index (χ2v) is 8.09. The minimum absolute atomic E-state index is 0.255. The average molecular weight is 425 g/mol. The van der Waals surface area contributed by atoms with Crippen LogP contribution in [0.15, 0.2) is 12.7 Å². The summed E-state index contributed by atoms with van der Waals surface area (Å²) in [6.45, 7) is 8.25. The number of esters is 3. The standard InChI is InChI=1S/C24H40O6/c1-4-7-9-11-15-18-28-22(26)20-16-12-13-17-24(20,30-21(25)6-3)23(27)29-19-14-10-8-5-2/h6,20H,3-5,7-19H2,1-2H3. The van der Waals surface area contributed by atoms with Crippen LogP contribution in [0.3, 0.4) is 0 Å². The van der Waals surface area contributed by atoms with Gasteiger partial charge in [-0.05, 0) is 32.1 Å². The highest BCUT2D eigenvalue weighted by molar-refractivity contribution is 5.92. The molecular formula is C24H40O6. The zero-order valence-corrected chi connectivity index (χ0v) is 18.9. The Kier molecular flexibility index (Phi) is 13.1. The number of unbranched alkanes of at least 4 members (excludes halogenated alkanes) is 7. The Morgan fingerprint density at radius 2 is 1.50 bits per heavy atom. The molecule has 0 aromatic carbocycles. The van der Waals surface area contributed by atoms with E-state index >= 15 is 0 Å². The third-order valence-corrected chi connectivity index (χ3v) is 5.66. The number of carbonyl (C=O) groups excluding carboxylic acids is 3. The third kappa shape index (κ3) is 8.49. The van der Waals surface area contributed by atoms with Gasteiger partial charge in [0.1, 0.15) is 5.92 Å². The van der Waals surface area contributed by atoms with Crippen LogP contribution in [0.1, 0.15) is 97.3 Å². The summed E-state index contributed by atoms with van der Waals surface area (Å²) in [7, 11) is 0. The maximum absolute atomic E-state index is 13.0. The summed E-state index contributed by atoms with van der Waals surface area (Å²) in [5, 5.41) is 0. The zero-order chi connectivity index (χ0) is 22.2. The van der Waals surface area contributed by atoms with Crippen molar-refractivity contribution in [3.8, 4) is 0 Å². The summed E-state index contributed by atoms with van der Waals surface area (Å²) in [5.41, 5.74) is -1.62. The molecule has 30 heavy (non-hydrogen) atoms. The number of hydrogen-bond acceptors (Lipinski definition) is 6. The zero-order valence-electron chi connectivity index (χ0n) is 18.9. The topological polar surface area (TPSA) is 78.9 Å². The van der Waals surface area contributed by atoms with E-state index in [0.717, 1.165) is 63.9 Å². The van der Waals surface area contributed by atoms with E-state index < -0.39 is 29.4 Å². The lowest BCUT2D eigenvalue weighted by Gasteiger charge is -2.39. The molecule has 6 nitrogen and oxygen atoms in total. The van der Waals surface area contributed by atoms with Crippen LogP contribution in [0.2, 0.25) is 0 Å². The van der Waals surface area contributed by atoms with Crippen LogP contribution in [-0.4, -0.2) is 36.7 Å². The fourth-order valence-electron chi connectivity index (χ4n) is 3.88. The van der Waals surface area contributed by atoms with E-state index in [1.807, 2.05) is 0 Å². The Labute approximate surface area is 181 Å². The van der Waals surface area contributed by atoms with Gasteiger partial charge in [0.15, 0.2) is 0 Å². The van der Waals surface area contributed by atoms with Crippen molar-refractivity contribution < 1.29 is 28.6 Å². The Morgan fingerprint density at radius 3 is 2.13 bits per heavy atom. The Hall–Kier alpha value is -1.85. The monoisotopic (exact) mass is 424 g/mol. The number of rotatable bonds is 15. The van der Waals surface area contributed by atoms with Crippen LogP contribution in [-0.2, 0) is 28.6 Å². The van der Waals surface area contributed by atoms with Gasteiger partial charge < -0.3 is 14.2 Å². The highest BCUT2D eigenvalue weighted by atomic mass is 16.6. The molecule has 0 aromatic rings. The number of hydrogen-bond donors (Lipinski definition) is 0. The number of carbonyl (C=O) groups is 3. The molecule has 1 aliphatic carbocycles. The van der Waals surface area contributed by atoms with Gasteiger partial charge >= 0.3 is 17.9 Å². The normalized spacial score (nSPS) is 20.9. The maximum atomic E-state index is 13.0. The van der Waals surface area contributed by atoms with E-state index in [-0.39, 0.29) is 13.0 Å². The predicted molar refractivity (Wildman–Crippen MR) is 116 cm³/mol. The summed E-state index contributed by atoms with van der Waals surface area (Å²) in [6, 6.07) is 0. The quantitative estimate of drug-likeness (QED) is 0.154. The van der Waals surface area contributed by atoms with Crippen molar-refractivity contribution in [2.75, 3.05) is 13.2 Å². The van der Waals surface area contributed by atoms with Gasteiger partial charge in [0.25, 0.3) is 0 Å². The largest absolute Gasteiger partial charge is 0.465 e. The van der Waals surface area contributed by atoms with E-state index in [2.05, 4.69) is 20.4 Å². The first kappa shape index (κ1) is 26.2. The van der Waals surface area contributed by atoms with Crippen LogP contribution in [0.25, 0.3) is 0 Å². The molecule has 6 heteroatoms. The van der Waals surface area contributed by atoms with Gasteiger partial charge in [-0.3, -0.25) is 4.79 Å². The van der Waals surface area contributed by atoms with Crippen molar-refractivity contribution in [3.05, 3.63) is 12.7 Å². The summed E-state index contributed by atoms with van der Waals surface area (Å²) in [5.74, 6) is -2.69. The summed E-state index contributed by atoms with van der Waals surface area (Å²) < 4.78 is 16.5. The van der Waals surface area contributed by atoms with E-state index in [9.17, 15) is 14.4 Å². The van der Waals surface area contributed by atoms with Gasteiger partial charge in [0.2, 0.25) is 5.60 Å². The smallest absolute Gasteiger partial charge is 0.351 e. The molecule has 1 rings (SSSR count). The summed E-state index contributed by atoms with van der Waals surface area (Å²) >= 11 is 0. The average Bonchev–Trinajstić information content (AvgIpc) is 2.75. The van der Waals surface area contributed by atoms with Crippen molar-refractivity contribution in [3.63, 3.8) is 0 Å². The fourth-order valence-corrected chi connectivity index (χ4v) is 3.88. The lowest BCUT2D eigenvalue weighted by Crippen LogP contribution is -2.55. The molecule has 0 N–H and O–H groups in total. The molecule has 0 heterocycles. The lowest BCUT2D eigenvalue weighted by atomic mass is 9.75. The molecular weight excluding hydrogens is 384 g/mol. The molecule has 0 saturated heterocycles. The first-order chi connectivity index (χ1) is 14.5. The first-order valence-electron chi connectivity index (χ1n) is 11.7. The minimum atomic E-state index is -1.62. The van der Waals surface area contributed by atoms with Gasteiger partial charge in [-0.15, -0.1) is 0 Å². The molecule has 2 unspecified atom stereocenters. The molecule has 0 aliphatic heterocycles. The number of ether oxygens (including phenoxy) is 3. The van der Waals surface area contributed by atoms with E-state index in [1.165, 1.54) is 6.42 Å². The SMILES string of the molecule is C=CC(=O)OC1(C(=O)OCCCCCC)CCCCC1C(=O)OCCCCCCC. The molecule has 0 amide bonds. The molecule has 0 bridgehead atoms. The Morgan fingerprint density at radius 1 is 0.900 bits per heavy atom. The van der Waals surface area contributed by atoms with Crippen LogP contribution in [0.4, 0.5) is 0 Å². The highest BCUT2D eigenvalue weighted by Gasteiger charge is 2.55. The van der Waals surface area contributed by atoms with Gasteiger partial charge in [-0.2, -0.15) is 0 Å². The van der Waals surface area contributed by atoms with Crippen LogP contribution in [0, 0.1) is 5.92 Å². The highest BCUT2D eigenvalue weighted by Crippen LogP contribution is 2.39. The van der Waals surface area contributed by atoms with Gasteiger partial charge in [-0.1, -0.05) is 71.8 Å². The molecule has 0 spiro atoms. The molecule has 0 radical (unpaired) electrons. The molecule has 172 valence electrons. The second kappa shape index (κ2) is 15.0. The first-order valence-corrected chi connectivity index (χ1v) is 11.7. The van der Waals surface area contributed by atoms with E-state index in [4.69, 9.17) is 14.2 Å². The Bertz CT molecular complexity index is 544. The third-order valence-electron chi connectivity index (χ3n) is 5.66. The summed E-state index contributed by atoms with van der Waals surface area (Å²) in [6.07, 6.45) is 12.3.